The minimum absolute atomic E-state index is 0.204. The van der Waals surface area contributed by atoms with Crippen molar-refractivity contribution in [2.24, 2.45) is 0 Å². The smallest absolute Gasteiger partial charge is 0.335 e. The number of aromatic carboxylic acids is 1. The van der Waals surface area contributed by atoms with Gasteiger partial charge in [-0.2, -0.15) is 0 Å². The van der Waals surface area contributed by atoms with Crippen LogP contribution in [0, 0.1) is 13.8 Å². The molecule has 0 aliphatic carbocycles. The van der Waals surface area contributed by atoms with E-state index in [1.807, 2.05) is 0 Å². The lowest BCUT2D eigenvalue weighted by atomic mass is 9.99. The molecule has 86 valence electrons. The molecular formula is C11H11O4S-. The Hall–Kier alpha value is -1.46. The van der Waals surface area contributed by atoms with Crippen LogP contribution in [0.2, 0.25) is 0 Å². The summed E-state index contributed by atoms with van der Waals surface area (Å²) in [5.41, 5.74) is 2.41. The van der Waals surface area contributed by atoms with Crippen molar-refractivity contribution in [3.05, 3.63) is 39.8 Å². The van der Waals surface area contributed by atoms with Crippen LogP contribution in [0.4, 0.5) is 0 Å². The third-order valence-corrected chi connectivity index (χ3v) is 2.54. The molecule has 0 radical (unpaired) electrons. The van der Waals surface area contributed by atoms with Gasteiger partial charge in [0.15, 0.2) is 0 Å². The second-order valence-electron chi connectivity index (χ2n) is 3.39. The molecule has 0 amide bonds. The zero-order chi connectivity index (χ0) is 12.3. The van der Waals surface area contributed by atoms with Crippen LogP contribution in [-0.2, 0) is 11.1 Å². The molecule has 0 saturated carbocycles. The fourth-order valence-corrected chi connectivity index (χ4v) is 1.73. The van der Waals surface area contributed by atoms with Crippen molar-refractivity contribution in [3.8, 4) is 0 Å². The topological polar surface area (TPSA) is 77.4 Å². The third-order valence-electron chi connectivity index (χ3n) is 2.19. The lowest BCUT2D eigenvalue weighted by Gasteiger charge is -2.07. The molecular weight excluding hydrogens is 228 g/mol. The molecule has 5 heteroatoms. The highest BCUT2D eigenvalue weighted by molar-refractivity contribution is 7.82. The van der Waals surface area contributed by atoms with Crippen molar-refractivity contribution in [2.45, 2.75) is 13.8 Å². The molecule has 1 rings (SSSR count). The van der Waals surface area contributed by atoms with Crippen molar-refractivity contribution in [2.75, 3.05) is 0 Å². The van der Waals surface area contributed by atoms with Gasteiger partial charge in [-0.05, 0) is 65.2 Å². The first-order chi connectivity index (χ1) is 7.41. The van der Waals surface area contributed by atoms with Crippen LogP contribution in [0.15, 0.2) is 17.5 Å². The van der Waals surface area contributed by atoms with Gasteiger partial charge in [0.2, 0.25) is 0 Å². The third kappa shape index (κ3) is 3.01. The molecule has 0 spiro atoms. The quantitative estimate of drug-likeness (QED) is 0.816. The monoisotopic (exact) mass is 239 g/mol. The van der Waals surface area contributed by atoms with Crippen molar-refractivity contribution in [3.63, 3.8) is 0 Å². The van der Waals surface area contributed by atoms with Crippen molar-refractivity contribution in [1.29, 1.82) is 0 Å². The van der Waals surface area contributed by atoms with Gasteiger partial charge in [-0.1, -0.05) is 0 Å². The number of hydrogen-bond donors (Lipinski definition) is 1. The predicted octanol–water partition coefficient (Wildman–Crippen LogP) is 1.85. The van der Waals surface area contributed by atoms with Crippen molar-refractivity contribution >= 4 is 23.1 Å². The van der Waals surface area contributed by atoms with Gasteiger partial charge in [0, 0.05) is 0 Å². The number of carboxylic acids is 1. The Kier molecular flexibility index (Phi) is 3.98. The Labute approximate surface area is 95.9 Å². The molecule has 0 bridgehead atoms. The van der Waals surface area contributed by atoms with E-state index in [0.29, 0.717) is 0 Å². The average Bonchev–Trinajstić information content (AvgIpc) is 2.15. The summed E-state index contributed by atoms with van der Waals surface area (Å²) in [6, 6.07) is 3.03. The van der Waals surface area contributed by atoms with Gasteiger partial charge in [0.1, 0.15) is 0 Å². The second kappa shape index (κ2) is 5.05. The molecule has 1 N–H and O–H groups in total. The standard InChI is InChI=1S/C11H12O4S/c1-7-5-9(11(12)13)6-8(2)10(7)3-4-16(14)15/h3-6H,1-2H3,(H,12,13)(H,14,15)/p-1/b4-3+. The number of carbonyl (C=O) groups is 1. The number of hydrogen-bond acceptors (Lipinski definition) is 3. The summed E-state index contributed by atoms with van der Waals surface area (Å²) in [7, 11) is 0. The first-order valence-electron chi connectivity index (χ1n) is 4.52. The van der Waals surface area contributed by atoms with Crippen molar-refractivity contribution < 1.29 is 18.7 Å². The zero-order valence-corrected chi connectivity index (χ0v) is 9.71. The molecule has 0 heterocycles. The SMILES string of the molecule is Cc1cc(C(=O)O)cc(C)c1/C=C/S(=O)[O-]. The Morgan fingerprint density at radius 2 is 1.88 bits per heavy atom. The minimum atomic E-state index is -2.24. The van der Waals surface area contributed by atoms with Gasteiger partial charge in [0.05, 0.1) is 5.56 Å². The Balaban J connectivity index is 3.22. The summed E-state index contributed by atoms with van der Waals surface area (Å²) in [5, 5.41) is 9.86. The molecule has 0 fully saturated rings. The number of carboxylic acid groups (broad SMARTS) is 1. The van der Waals surface area contributed by atoms with E-state index >= 15 is 0 Å². The van der Waals surface area contributed by atoms with Crippen LogP contribution < -0.4 is 0 Å². The molecule has 1 aromatic carbocycles. The molecule has 1 atom stereocenters. The van der Waals surface area contributed by atoms with E-state index in [1.165, 1.54) is 18.2 Å². The van der Waals surface area contributed by atoms with Crippen LogP contribution in [0.1, 0.15) is 27.0 Å². The summed E-state index contributed by atoms with van der Waals surface area (Å²) in [5.74, 6) is -0.992. The summed E-state index contributed by atoms with van der Waals surface area (Å²) in [4.78, 5) is 10.8. The van der Waals surface area contributed by atoms with E-state index in [4.69, 9.17) is 5.11 Å². The van der Waals surface area contributed by atoms with Gasteiger partial charge >= 0.3 is 5.97 Å². The summed E-state index contributed by atoms with van der Waals surface area (Å²) >= 11 is -2.24. The van der Waals surface area contributed by atoms with Gasteiger partial charge in [-0.3, -0.25) is 4.21 Å². The fourth-order valence-electron chi connectivity index (χ4n) is 1.48. The van der Waals surface area contributed by atoms with Gasteiger partial charge in [0.25, 0.3) is 0 Å². The Morgan fingerprint density at radius 1 is 1.38 bits per heavy atom. The van der Waals surface area contributed by atoms with E-state index < -0.39 is 17.0 Å². The molecule has 0 saturated heterocycles. The molecule has 16 heavy (non-hydrogen) atoms. The fraction of sp³-hybridized carbons (Fsp3) is 0.182. The largest absolute Gasteiger partial charge is 0.769 e. The number of aryl methyl sites for hydroxylation is 2. The molecule has 4 nitrogen and oxygen atoms in total. The normalized spacial score (nSPS) is 12.9. The average molecular weight is 239 g/mol. The first-order valence-corrected chi connectivity index (χ1v) is 5.66. The summed E-state index contributed by atoms with van der Waals surface area (Å²) in [6.45, 7) is 3.49. The maximum absolute atomic E-state index is 10.8. The summed E-state index contributed by atoms with van der Waals surface area (Å²) < 4.78 is 20.8. The second-order valence-corrected chi connectivity index (χ2v) is 4.19. The Morgan fingerprint density at radius 3 is 2.25 bits per heavy atom. The summed E-state index contributed by atoms with van der Waals surface area (Å²) in [6.07, 6.45) is 1.46. The molecule has 0 aliphatic rings. The van der Waals surface area contributed by atoms with E-state index in [9.17, 15) is 13.6 Å². The van der Waals surface area contributed by atoms with E-state index in [1.54, 1.807) is 13.8 Å². The Bertz CT molecular complexity index is 454. The molecule has 1 aromatic rings. The number of benzene rings is 1. The zero-order valence-electron chi connectivity index (χ0n) is 8.89. The maximum Gasteiger partial charge on any atom is 0.335 e. The van der Waals surface area contributed by atoms with Crippen LogP contribution in [-0.4, -0.2) is 19.8 Å². The van der Waals surface area contributed by atoms with Gasteiger partial charge in [-0.15, -0.1) is 0 Å². The number of rotatable bonds is 3. The van der Waals surface area contributed by atoms with E-state index in [-0.39, 0.29) is 5.56 Å². The minimum Gasteiger partial charge on any atom is -0.769 e. The molecule has 0 aromatic heterocycles. The van der Waals surface area contributed by atoms with Crippen LogP contribution in [0.3, 0.4) is 0 Å². The van der Waals surface area contributed by atoms with Crippen molar-refractivity contribution in [1.82, 2.24) is 0 Å². The van der Waals surface area contributed by atoms with Crippen LogP contribution in [0.5, 0.6) is 0 Å². The van der Waals surface area contributed by atoms with E-state index in [0.717, 1.165) is 22.1 Å². The maximum atomic E-state index is 10.8. The van der Waals surface area contributed by atoms with E-state index in [2.05, 4.69) is 0 Å². The van der Waals surface area contributed by atoms with Crippen LogP contribution in [0.25, 0.3) is 6.08 Å². The van der Waals surface area contributed by atoms with Gasteiger partial charge < -0.3 is 9.66 Å². The van der Waals surface area contributed by atoms with Crippen LogP contribution >= 0.6 is 0 Å². The lowest BCUT2D eigenvalue weighted by molar-refractivity contribution is 0.0696. The molecule has 1 unspecified atom stereocenters. The molecule has 0 aliphatic heterocycles. The highest BCUT2D eigenvalue weighted by Gasteiger charge is 2.07. The lowest BCUT2D eigenvalue weighted by Crippen LogP contribution is -1.99. The first kappa shape index (κ1) is 12.6. The van der Waals surface area contributed by atoms with Gasteiger partial charge in [-0.25, -0.2) is 4.79 Å². The highest BCUT2D eigenvalue weighted by Crippen LogP contribution is 2.18. The predicted molar refractivity (Wildman–Crippen MR) is 60.8 cm³/mol. The highest BCUT2D eigenvalue weighted by atomic mass is 32.2.